The Morgan fingerprint density at radius 2 is 1.92 bits per heavy atom. The lowest BCUT2D eigenvalue weighted by atomic mass is 9.43. The van der Waals surface area contributed by atoms with Crippen LogP contribution in [0.1, 0.15) is 45.6 Å². The van der Waals surface area contributed by atoms with Crippen LogP contribution < -0.4 is 20.9 Å². The van der Waals surface area contributed by atoms with Gasteiger partial charge in [-0.1, -0.05) is 26.8 Å². The van der Waals surface area contributed by atoms with E-state index in [0.717, 1.165) is 23.6 Å². The van der Waals surface area contributed by atoms with Gasteiger partial charge < -0.3 is 20.3 Å². The summed E-state index contributed by atoms with van der Waals surface area (Å²) in [7, 11) is 1.50. The highest BCUT2D eigenvalue weighted by Gasteiger charge is 2.59. The summed E-state index contributed by atoms with van der Waals surface area (Å²) in [5, 5.41) is 7.31. The molecule has 258 valence electrons. The third kappa shape index (κ3) is 6.29. The molecule has 3 saturated carbocycles. The number of nitrogens with zero attached hydrogens (tertiary/aromatic N) is 5. The zero-order valence-electron chi connectivity index (χ0n) is 28.7. The van der Waals surface area contributed by atoms with Crippen LogP contribution in [-0.2, 0) is 13.0 Å². The molecule has 4 fully saturated rings. The molecule has 2 atom stereocenters. The first kappa shape index (κ1) is 33.1. The molecule has 1 aliphatic heterocycles. The van der Waals surface area contributed by atoms with Gasteiger partial charge in [-0.3, -0.25) is 14.3 Å². The molecule has 2 N–H and O–H groups in total. The van der Waals surface area contributed by atoms with Crippen molar-refractivity contribution in [3.8, 4) is 17.1 Å². The fraction of sp³-hybridized carbons (Fsp3) is 0.474. The lowest BCUT2D eigenvalue weighted by Crippen LogP contribution is -2.59. The summed E-state index contributed by atoms with van der Waals surface area (Å²) in [5.41, 5.74) is 2.56. The molecule has 9 nitrogen and oxygen atoms in total. The second-order valence-corrected chi connectivity index (χ2v) is 14.7. The molecule has 4 aliphatic rings. The number of hydrogen-bond donors (Lipinski definition) is 2. The van der Waals surface area contributed by atoms with Crippen LogP contribution in [0.2, 0.25) is 0 Å². The van der Waals surface area contributed by atoms with Crippen molar-refractivity contribution >= 4 is 22.5 Å². The van der Waals surface area contributed by atoms with Gasteiger partial charge in [0.2, 0.25) is 0 Å². The fourth-order valence-electron chi connectivity index (χ4n) is 8.04. The number of anilines is 1. The number of nitrogens with one attached hydrogen (secondary N) is 2. The number of alkyl halides is 1. The molecule has 4 aromatic rings. The molecule has 0 radical (unpaired) electrons. The second kappa shape index (κ2) is 13.2. The van der Waals surface area contributed by atoms with Crippen molar-refractivity contribution in [2.45, 2.75) is 65.1 Å². The number of piperazine rings is 1. The van der Waals surface area contributed by atoms with Gasteiger partial charge in [-0.2, -0.15) is 0 Å². The number of fused-ring (bicyclic) bond motifs is 3. The maximum Gasteiger partial charge on any atom is 0.261 e. The smallest absolute Gasteiger partial charge is 0.261 e. The Labute approximate surface area is 285 Å². The number of aliphatic imine (C=N–C) groups is 1. The van der Waals surface area contributed by atoms with Crippen molar-refractivity contribution in [2.24, 2.45) is 21.7 Å². The van der Waals surface area contributed by atoms with E-state index in [2.05, 4.69) is 41.3 Å². The largest absolute Gasteiger partial charge is 0.497 e. The van der Waals surface area contributed by atoms with E-state index >= 15 is 0 Å². The number of ether oxygens (including phenoxy) is 1. The molecule has 0 amide bonds. The number of methoxy groups -OCH3 is 1. The molecule has 3 aliphatic carbocycles. The van der Waals surface area contributed by atoms with Gasteiger partial charge in [0.05, 0.1) is 30.1 Å². The van der Waals surface area contributed by atoms with Crippen LogP contribution in [0, 0.1) is 22.6 Å². The summed E-state index contributed by atoms with van der Waals surface area (Å²) >= 11 is 0. The summed E-state index contributed by atoms with van der Waals surface area (Å²) in [5.74, 6) is 1.95. The summed E-state index contributed by atoms with van der Waals surface area (Å²) in [4.78, 5) is 30.8. The summed E-state index contributed by atoms with van der Waals surface area (Å²) in [6.07, 6.45) is 7.15. The maximum atomic E-state index is 14.8. The van der Waals surface area contributed by atoms with Gasteiger partial charge in [0.1, 0.15) is 24.1 Å². The molecule has 8 rings (SSSR count). The molecule has 2 aromatic heterocycles. The van der Waals surface area contributed by atoms with Gasteiger partial charge in [0.15, 0.2) is 5.96 Å². The molecule has 0 spiro atoms. The van der Waals surface area contributed by atoms with Crippen LogP contribution in [0.4, 0.5) is 14.5 Å². The zero-order chi connectivity index (χ0) is 34.3. The van der Waals surface area contributed by atoms with Gasteiger partial charge in [0, 0.05) is 55.9 Å². The van der Waals surface area contributed by atoms with E-state index < -0.39 is 6.67 Å². The first-order valence-electron chi connectivity index (χ1n) is 17.2. The fourth-order valence-corrected chi connectivity index (χ4v) is 8.04. The number of guanidine groups is 1. The summed E-state index contributed by atoms with van der Waals surface area (Å²) in [6, 6.07) is 13.8. The van der Waals surface area contributed by atoms with Crippen molar-refractivity contribution in [1.82, 2.24) is 24.8 Å². The highest BCUT2D eigenvalue weighted by Crippen LogP contribution is 2.65. The lowest BCUT2D eigenvalue weighted by molar-refractivity contribution is -0.114. The van der Waals surface area contributed by atoms with E-state index in [1.807, 2.05) is 24.3 Å². The van der Waals surface area contributed by atoms with Crippen molar-refractivity contribution in [2.75, 3.05) is 38.7 Å². The SMILES string of the molecule is COc1ccc(CCn2c(-c3ccncc3)nc3cc(N/C(=N/C4CC5CC(C)(C5)C4(C)C)N4CCN[C@@H](CF)C4)ccc3c2=O)c(F)c1. The maximum absolute atomic E-state index is 14.8. The van der Waals surface area contributed by atoms with E-state index in [1.54, 1.807) is 35.2 Å². The Morgan fingerprint density at radius 3 is 2.65 bits per heavy atom. The number of rotatable bonds is 8. The quantitative estimate of drug-likeness (QED) is 0.174. The van der Waals surface area contributed by atoms with Gasteiger partial charge >= 0.3 is 0 Å². The van der Waals surface area contributed by atoms with E-state index in [1.165, 1.54) is 26.0 Å². The molecular formula is C38H45F2N7O2. The second-order valence-electron chi connectivity index (χ2n) is 14.7. The van der Waals surface area contributed by atoms with Crippen LogP contribution in [0.15, 0.2) is 70.7 Å². The van der Waals surface area contributed by atoms with Crippen molar-refractivity contribution < 1.29 is 13.5 Å². The van der Waals surface area contributed by atoms with E-state index in [0.29, 0.717) is 60.0 Å². The highest BCUT2D eigenvalue weighted by molar-refractivity contribution is 5.96. The van der Waals surface area contributed by atoms with Crippen LogP contribution >= 0.6 is 0 Å². The van der Waals surface area contributed by atoms with Crippen molar-refractivity contribution in [3.05, 3.63) is 82.7 Å². The lowest BCUT2D eigenvalue weighted by Gasteiger charge is -2.63. The minimum Gasteiger partial charge on any atom is -0.497 e. The number of hydrogen-bond acceptors (Lipinski definition) is 6. The molecule has 49 heavy (non-hydrogen) atoms. The number of pyridine rings is 1. The van der Waals surface area contributed by atoms with Crippen molar-refractivity contribution in [3.63, 3.8) is 0 Å². The Balaban J connectivity index is 1.25. The Hall–Kier alpha value is -4.38. The summed E-state index contributed by atoms with van der Waals surface area (Å²) in [6.45, 7) is 8.72. The van der Waals surface area contributed by atoms with Gasteiger partial charge in [0.25, 0.3) is 5.56 Å². The van der Waals surface area contributed by atoms with Crippen LogP contribution in [0.3, 0.4) is 0 Å². The molecule has 3 heterocycles. The first-order chi connectivity index (χ1) is 23.6. The standard InChI is InChI=1S/C38H45F2N7O2/c1-37(2)33(17-24-20-38(37,3)21-24)45-36(46-16-14-42-28(22-39)23-46)43-27-6-8-30-32(18-27)44-34(26-9-12-41-13-10-26)47(35(30)48)15-11-25-5-7-29(49-4)19-31(25)40/h5-10,12-13,18-19,24,28,33,42H,11,14-17,20-23H2,1-4H3,(H,43,45)/t24?,28-,33?,38?/m0/s1. The molecule has 11 heteroatoms. The van der Waals surface area contributed by atoms with Crippen LogP contribution in [0.5, 0.6) is 5.75 Å². The first-order valence-corrected chi connectivity index (χ1v) is 17.2. The topological polar surface area (TPSA) is 96.7 Å². The van der Waals surface area contributed by atoms with Gasteiger partial charge in [-0.15, -0.1) is 0 Å². The average Bonchev–Trinajstić information content (AvgIpc) is 3.09. The van der Waals surface area contributed by atoms with E-state index in [9.17, 15) is 13.6 Å². The number of aromatic nitrogens is 3. The minimum atomic E-state index is -0.450. The molecule has 2 aromatic carbocycles. The Bertz CT molecular complexity index is 1920. The monoisotopic (exact) mass is 669 g/mol. The Kier molecular flexibility index (Phi) is 8.89. The number of halogens is 2. The van der Waals surface area contributed by atoms with Crippen LogP contribution in [0.25, 0.3) is 22.3 Å². The third-order valence-corrected chi connectivity index (χ3v) is 11.5. The van der Waals surface area contributed by atoms with E-state index in [4.69, 9.17) is 14.7 Å². The number of benzene rings is 2. The third-order valence-electron chi connectivity index (χ3n) is 11.5. The summed E-state index contributed by atoms with van der Waals surface area (Å²) < 4.78 is 35.4. The minimum absolute atomic E-state index is 0.0202. The Morgan fingerprint density at radius 1 is 1.12 bits per heavy atom. The van der Waals surface area contributed by atoms with Crippen LogP contribution in [-0.4, -0.2) is 70.9 Å². The van der Waals surface area contributed by atoms with Gasteiger partial charge in [-0.05, 0) is 84.4 Å². The normalized spacial score (nSPS) is 24.8. The van der Waals surface area contributed by atoms with E-state index in [-0.39, 0.29) is 40.8 Å². The molecule has 1 unspecified atom stereocenters. The predicted molar refractivity (Wildman–Crippen MR) is 189 cm³/mol. The van der Waals surface area contributed by atoms with Gasteiger partial charge in [-0.25, -0.2) is 18.8 Å². The molecule has 1 saturated heterocycles. The number of aryl methyl sites for hydroxylation is 1. The average molecular weight is 670 g/mol. The predicted octanol–water partition coefficient (Wildman–Crippen LogP) is 6.07. The molecular weight excluding hydrogens is 624 g/mol. The highest BCUT2D eigenvalue weighted by atomic mass is 19.1. The molecule has 2 bridgehead atoms. The van der Waals surface area contributed by atoms with Crippen molar-refractivity contribution in [1.29, 1.82) is 0 Å². The zero-order valence-corrected chi connectivity index (χ0v) is 28.7.